The maximum absolute atomic E-state index is 10.4. The number of fused-ring (bicyclic) bond motifs is 3. The Morgan fingerprint density at radius 1 is 0.737 bits per heavy atom. The molecule has 1 N–H and O–H groups in total. The Labute approximate surface area is 117 Å². The van der Waals surface area contributed by atoms with Crippen LogP contribution in [-0.4, -0.2) is 104 Å². The van der Waals surface area contributed by atoms with Gasteiger partial charge in [0.1, 0.15) is 6.23 Å². The average Bonchev–Trinajstić information content (AvgIpc) is 2.40. The summed E-state index contributed by atoms with van der Waals surface area (Å²) in [5.41, 5.74) is 0. The summed E-state index contributed by atoms with van der Waals surface area (Å²) in [6, 6.07) is 0. The topological polar surface area (TPSA) is 33.2 Å². The molecule has 2 aliphatic rings. The number of nitrogens with zero attached hydrogens (tertiary/aromatic N) is 4. The van der Waals surface area contributed by atoms with Gasteiger partial charge in [-0.15, -0.1) is 0 Å². The first kappa shape index (κ1) is 15.2. The molecule has 19 heavy (non-hydrogen) atoms. The molecule has 2 saturated heterocycles. The highest BCUT2D eigenvalue weighted by molar-refractivity contribution is 4.73. The summed E-state index contributed by atoms with van der Waals surface area (Å²) in [5, 5.41) is 10.4. The second-order valence-electron chi connectivity index (χ2n) is 6.11. The predicted octanol–water partition coefficient (Wildman–Crippen LogP) is -0.420. The third-order valence-corrected chi connectivity index (χ3v) is 4.48. The third-order valence-electron chi connectivity index (χ3n) is 4.48. The van der Waals surface area contributed by atoms with E-state index in [0.29, 0.717) is 0 Å². The second kappa shape index (κ2) is 7.55. The number of aliphatic hydroxyl groups is 1. The molecular formula is C14H30N4O. The van der Waals surface area contributed by atoms with Gasteiger partial charge in [-0.3, -0.25) is 4.90 Å². The smallest absolute Gasteiger partial charge is 0.108 e. The van der Waals surface area contributed by atoms with Crippen molar-refractivity contribution < 1.29 is 5.11 Å². The monoisotopic (exact) mass is 270 g/mol. The minimum atomic E-state index is -0.282. The molecule has 0 saturated carbocycles. The molecule has 5 heteroatoms. The van der Waals surface area contributed by atoms with Crippen LogP contribution < -0.4 is 0 Å². The van der Waals surface area contributed by atoms with Crippen LogP contribution in [0.25, 0.3) is 0 Å². The Bertz CT molecular complexity index is 262. The SMILES string of the molecule is CN1CCC(O)N2CCN(C)CCCN(CC1)CC2. The van der Waals surface area contributed by atoms with E-state index in [2.05, 4.69) is 33.7 Å². The Morgan fingerprint density at radius 2 is 1.37 bits per heavy atom. The van der Waals surface area contributed by atoms with Gasteiger partial charge in [-0.25, -0.2) is 0 Å². The summed E-state index contributed by atoms with van der Waals surface area (Å²) in [6.07, 6.45) is 1.83. The van der Waals surface area contributed by atoms with Crippen LogP contribution in [0, 0.1) is 0 Å². The number of likely N-dealkylation sites (N-methyl/N-ethyl adjacent to an activating group) is 2. The van der Waals surface area contributed by atoms with Crippen LogP contribution >= 0.6 is 0 Å². The highest BCUT2D eigenvalue weighted by Crippen LogP contribution is 2.08. The molecule has 0 amide bonds. The first-order chi connectivity index (χ1) is 9.15. The van der Waals surface area contributed by atoms with Gasteiger partial charge in [0.2, 0.25) is 0 Å². The highest BCUT2D eigenvalue weighted by Gasteiger charge is 2.20. The molecule has 0 aromatic heterocycles. The molecule has 2 aliphatic heterocycles. The normalized spacial score (nSPS) is 37.1. The predicted molar refractivity (Wildman–Crippen MR) is 78.2 cm³/mol. The van der Waals surface area contributed by atoms with Crippen LogP contribution in [0.5, 0.6) is 0 Å². The van der Waals surface area contributed by atoms with Crippen molar-refractivity contribution in [3.8, 4) is 0 Å². The fourth-order valence-corrected chi connectivity index (χ4v) is 2.93. The van der Waals surface area contributed by atoms with Crippen molar-refractivity contribution in [3.05, 3.63) is 0 Å². The van der Waals surface area contributed by atoms with Crippen molar-refractivity contribution in [2.45, 2.75) is 19.1 Å². The van der Waals surface area contributed by atoms with Gasteiger partial charge < -0.3 is 19.8 Å². The first-order valence-electron chi connectivity index (χ1n) is 7.67. The Balaban J connectivity index is 2.02. The summed E-state index contributed by atoms with van der Waals surface area (Å²) < 4.78 is 0. The van der Waals surface area contributed by atoms with Crippen LogP contribution in [0.4, 0.5) is 0 Å². The summed E-state index contributed by atoms with van der Waals surface area (Å²) >= 11 is 0. The minimum absolute atomic E-state index is 0.282. The van der Waals surface area contributed by atoms with Gasteiger partial charge in [-0.05, 0) is 40.0 Å². The van der Waals surface area contributed by atoms with Crippen molar-refractivity contribution in [2.24, 2.45) is 0 Å². The van der Waals surface area contributed by atoms with E-state index in [1.807, 2.05) is 0 Å². The molecular weight excluding hydrogens is 240 g/mol. The molecule has 0 aromatic carbocycles. The van der Waals surface area contributed by atoms with Crippen molar-refractivity contribution in [2.75, 3.05) is 73.0 Å². The quantitative estimate of drug-likeness (QED) is 0.646. The van der Waals surface area contributed by atoms with Crippen LogP contribution in [0.1, 0.15) is 12.8 Å². The maximum Gasteiger partial charge on any atom is 0.108 e. The summed E-state index contributed by atoms with van der Waals surface area (Å²) in [5.74, 6) is 0. The lowest BCUT2D eigenvalue weighted by atomic mass is 10.2. The van der Waals surface area contributed by atoms with Gasteiger partial charge in [-0.1, -0.05) is 0 Å². The van der Waals surface area contributed by atoms with E-state index in [1.54, 1.807) is 0 Å². The Hall–Kier alpha value is -0.200. The lowest BCUT2D eigenvalue weighted by Gasteiger charge is -2.36. The summed E-state index contributed by atoms with van der Waals surface area (Å²) in [6.45, 7) is 9.74. The fourth-order valence-electron chi connectivity index (χ4n) is 2.93. The van der Waals surface area contributed by atoms with E-state index in [0.717, 1.165) is 58.8 Å². The molecule has 3 unspecified atom stereocenters. The maximum atomic E-state index is 10.4. The number of hydrogen-bond donors (Lipinski definition) is 1. The molecule has 2 heterocycles. The van der Waals surface area contributed by atoms with Crippen molar-refractivity contribution >= 4 is 0 Å². The van der Waals surface area contributed by atoms with E-state index >= 15 is 0 Å². The number of aliphatic hydroxyl groups excluding tert-OH is 1. The molecule has 3 atom stereocenters. The van der Waals surface area contributed by atoms with Gasteiger partial charge in [0.05, 0.1) is 0 Å². The van der Waals surface area contributed by atoms with E-state index in [1.165, 1.54) is 13.0 Å². The van der Waals surface area contributed by atoms with Crippen LogP contribution in [0.2, 0.25) is 0 Å². The molecule has 2 bridgehead atoms. The van der Waals surface area contributed by atoms with Crippen LogP contribution in [0.3, 0.4) is 0 Å². The number of hydrogen-bond acceptors (Lipinski definition) is 5. The zero-order valence-corrected chi connectivity index (χ0v) is 12.6. The van der Waals surface area contributed by atoms with Gasteiger partial charge >= 0.3 is 0 Å². The zero-order valence-electron chi connectivity index (χ0n) is 12.6. The second-order valence-corrected chi connectivity index (χ2v) is 6.11. The molecule has 112 valence electrons. The van der Waals surface area contributed by atoms with Gasteiger partial charge in [0, 0.05) is 45.8 Å². The first-order valence-corrected chi connectivity index (χ1v) is 7.67. The lowest BCUT2D eigenvalue weighted by Crippen LogP contribution is -2.49. The fraction of sp³-hybridized carbons (Fsp3) is 1.00. The standard InChI is InChI=1S/C14H30N4O/c1-15-5-3-6-17-10-8-16(2)7-4-14(19)18(12-9-15)13-11-17/h14,19H,3-13H2,1-2H3. The molecule has 5 nitrogen and oxygen atoms in total. The minimum Gasteiger partial charge on any atom is -0.378 e. The highest BCUT2D eigenvalue weighted by atomic mass is 16.3. The molecule has 0 spiro atoms. The molecule has 0 aromatic rings. The van der Waals surface area contributed by atoms with Gasteiger partial charge in [0.25, 0.3) is 0 Å². The zero-order chi connectivity index (χ0) is 13.7. The third kappa shape index (κ3) is 5.00. The Morgan fingerprint density at radius 3 is 2.21 bits per heavy atom. The van der Waals surface area contributed by atoms with Crippen molar-refractivity contribution in [3.63, 3.8) is 0 Å². The molecule has 0 aliphatic carbocycles. The molecule has 0 radical (unpaired) electrons. The summed E-state index contributed by atoms with van der Waals surface area (Å²) in [7, 11) is 4.35. The molecule has 2 fully saturated rings. The average molecular weight is 270 g/mol. The van der Waals surface area contributed by atoms with Crippen LogP contribution in [-0.2, 0) is 0 Å². The van der Waals surface area contributed by atoms with Crippen molar-refractivity contribution in [1.29, 1.82) is 0 Å². The molecule has 2 rings (SSSR count). The van der Waals surface area contributed by atoms with E-state index in [4.69, 9.17) is 0 Å². The Kier molecular flexibility index (Phi) is 6.04. The van der Waals surface area contributed by atoms with Crippen molar-refractivity contribution in [1.82, 2.24) is 19.6 Å². The largest absolute Gasteiger partial charge is 0.378 e. The lowest BCUT2D eigenvalue weighted by molar-refractivity contribution is -0.0232. The summed E-state index contributed by atoms with van der Waals surface area (Å²) in [4.78, 5) is 9.55. The van der Waals surface area contributed by atoms with Crippen LogP contribution in [0.15, 0.2) is 0 Å². The van der Waals surface area contributed by atoms with Gasteiger partial charge in [-0.2, -0.15) is 0 Å². The van der Waals surface area contributed by atoms with E-state index < -0.39 is 0 Å². The number of rotatable bonds is 0. The van der Waals surface area contributed by atoms with Gasteiger partial charge in [0.15, 0.2) is 0 Å². The van der Waals surface area contributed by atoms with E-state index in [-0.39, 0.29) is 6.23 Å². The van der Waals surface area contributed by atoms with E-state index in [9.17, 15) is 5.11 Å².